The number of rotatable bonds is 7. The summed E-state index contributed by atoms with van der Waals surface area (Å²) in [5, 5.41) is 0. The highest BCUT2D eigenvalue weighted by atomic mass is 16.5. The molecule has 2 atom stereocenters. The van der Waals surface area contributed by atoms with Crippen molar-refractivity contribution in [1.29, 1.82) is 0 Å². The molecule has 1 aromatic rings. The van der Waals surface area contributed by atoms with Gasteiger partial charge in [0, 0.05) is 12.5 Å². The number of carbonyl (C=O) groups is 2. The van der Waals surface area contributed by atoms with Crippen LogP contribution in [0.15, 0.2) is 24.3 Å². The van der Waals surface area contributed by atoms with Gasteiger partial charge in [0.05, 0.1) is 12.5 Å². The van der Waals surface area contributed by atoms with Crippen LogP contribution in [-0.2, 0) is 9.59 Å². The number of fused-ring (bicyclic) bond motifs is 2. The number of piperidine rings is 2. The van der Waals surface area contributed by atoms with Crippen LogP contribution in [0.5, 0.6) is 5.75 Å². The number of hydrogen-bond donors (Lipinski definition) is 0. The smallest absolute Gasteiger partial charge is 0.235 e. The zero-order valence-corrected chi connectivity index (χ0v) is 19.7. The van der Waals surface area contributed by atoms with Crippen LogP contribution in [-0.4, -0.2) is 54.9 Å². The maximum absolute atomic E-state index is 13.1. The Hall–Kier alpha value is -1.88. The molecule has 170 valence electrons. The van der Waals surface area contributed by atoms with Crippen LogP contribution in [0.4, 0.5) is 0 Å². The van der Waals surface area contributed by atoms with Gasteiger partial charge < -0.3 is 9.64 Å². The molecule has 5 heteroatoms. The standard InChI is InChI=1S/C26H38N2O3/c1-25(2)21-11-14-26(25,3)24(30)28(23(21)29)16-8-7-15-27-17-12-19(13-18-27)20-9-5-6-10-22(20)31-4/h5-6,9-10,19,21H,7-8,11-18H2,1-4H3. The summed E-state index contributed by atoms with van der Waals surface area (Å²) in [6.07, 6.45) is 5.92. The molecule has 0 aromatic heterocycles. The molecule has 31 heavy (non-hydrogen) atoms. The molecular formula is C26H38N2O3. The maximum Gasteiger partial charge on any atom is 0.235 e. The highest BCUT2D eigenvalue weighted by Gasteiger charge is 2.64. The monoisotopic (exact) mass is 426 g/mol. The normalized spacial score (nSPS) is 28.9. The van der Waals surface area contributed by atoms with Crippen molar-refractivity contribution in [2.75, 3.05) is 33.3 Å². The zero-order chi connectivity index (χ0) is 22.2. The summed E-state index contributed by atoms with van der Waals surface area (Å²) in [6.45, 7) is 10.1. The highest BCUT2D eigenvalue weighted by molar-refractivity contribution is 6.03. The van der Waals surface area contributed by atoms with Crippen molar-refractivity contribution in [3.63, 3.8) is 0 Å². The van der Waals surface area contributed by atoms with Gasteiger partial charge in [-0.05, 0) is 81.1 Å². The van der Waals surface area contributed by atoms with Crippen LogP contribution in [0.1, 0.15) is 70.8 Å². The van der Waals surface area contributed by atoms with E-state index < -0.39 is 0 Å². The molecule has 0 radical (unpaired) electrons. The molecule has 2 heterocycles. The number of carbonyl (C=O) groups excluding carboxylic acids is 2. The first-order valence-corrected chi connectivity index (χ1v) is 12.0. The van der Waals surface area contributed by atoms with Gasteiger partial charge in [-0.2, -0.15) is 0 Å². The number of likely N-dealkylation sites (tertiary alicyclic amines) is 2. The van der Waals surface area contributed by atoms with Crippen molar-refractivity contribution in [3.05, 3.63) is 29.8 Å². The Morgan fingerprint density at radius 2 is 1.68 bits per heavy atom. The van der Waals surface area contributed by atoms with Crippen LogP contribution in [0.2, 0.25) is 0 Å². The van der Waals surface area contributed by atoms with E-state index in [0.717, 1.165) is 63.9 Å². The largest absolute Gasteiger partial charge is 0.496 e. The fourth-order valence-electron chi connectivity index (χ4n) is 6.19. The number of unbranched alkanes of at least 4 members (excludes halogenated alkanes) is 1. The summed E-state index contributed by atoms with van der Waals surface area (Å²) in [5.41, 5.74) is 0.730. The number of nitrogens with zero attached hydrogens (tertiary/aromatic N) is 2. The lowest BCUT2D eigenvalue weighted by Gasteiger charge is -2.47. The predicted molar refractivity (Wildman–Crippen MR) is 122 cm³/mol. The number of hydrogen-bond acceptors (Lipinski definition) is 4. The van der Waals surface area contributed by atoms with E-state index in [1.54, 1.807) is 12.0 Å². The Labute approximate surface area is 187 Å². The lowest BCUT2D eigenvalue weighted by Crippen LogP contribution is -2.59. The van der Waals surface area contributed by atoms with Crippen molar-refractivity contribution < 1.29 is 14.3 Å². The third-order valence-electron chi connectivity index (χ3n) is 8.78. The van der Waals surface area contributed by atoms with E-state index in [1.807, 2.05) is 6.07 Å². The molecule has 0 spiro atoms. The summed E-state index contributed by atoms with van der Waals surface area (Å²) in [4.78, 5) is 30.2. The fourth-order valence-corrected chi connectivity index (χ4v) is 6.19. The second-order valence-corrected chi connectivity index (χ2v) is 10.5. The number of ether oxygens (including phenoxy) is 1. The van der Waals surface area contributed by atoms with Gasteiger partial charge in [-0.1, -0.05) is 39.0 Å². The first-order chi connectivity index (χ1) is 14.8. The Morgan fingerprint density at radius 3 is 2.39 bits per heavy atom. The molecule has 2 aliphatic heterocycles. The third-order valence-corrected chi connectivity index (χ3v) is 8.78. The number of amides is 2. The molecule has 0 N–H and O–H groups in total. The summed E-state index contributed by atoms with van der Waals surface area (Å²) in [5.74, 6) is 1.71. The number of benzene rings is 1. The third kappa shape index (κ3) is 3.79. The highest BCUT2D eigenvalue weighted by Crippen LogP contribution is 2.60. The van der Waals surface area contributed by atoms with Gasteiger partial charge in [0.25, 0.3) is 0 Å². The van der Waals surface area contributed by atoms with Gasteiger partial charge in [-0.3, -0.25) is 14.5 Å². The molecule has 4 rings (SSSR count). The fraction of sp³-hybridized carbons (Fsp3) is 0.692. The van der Waals surface area contributed by atoms with E-state index in [4.69, 9.17) is 4.74 Å². The maximum atomic E-state index is 13.1. The molecule has 3 aliphatic rings. The first kappa shape index (κ1) is 22.3. The molecule has 1 aromatic carbocycles. The van der Waals surface area contributed by atoms with Gasteiger partial charge in [-0.25, -0.2) is 0 Å². The second-order valence-electron chi connectivity index (χ2n) is 10.5. The summed E-state index contributed by atoms with van der Waals surface area (Å²) >= 11 is 0. The zero-order valence-electron chi connectivity index (χ0n) is 19.7. The summed E-state index contributed by atoms with van der Waals surface area (Å²) in [7, 11) is 1.75. The SMILES string of the molecule is COc1ccccc1C1CCN(CCCCN2C(=O)C3CCC(C)(C2=O)C3(C)C)CC1. The van der Waals surface area contributed by atoms with E-state index in [0.29, 0.717) is 12.5 Å². The average molecular weight is 427 g/mol. The minimum atomic E-state index is -0.383. The van der Waals surface area contributed by atoms with E-state index in [-0.39, 0.29) is 28.6 Å². The number of imide groups is 1. The average Bonchev–Trinajstić information content (AvgIpc) is 2.96. The van der Waals surface area contributed by atoms with Crippen molar-refractivity contribution in [3.8, 4) is 5.75 Å². The molecule has 2 unspecified atom stereocenters. The molecule has 1 aliphatic carbocycles. The Balaban J connectivity index is 1.23. The van der Waals surface area contributed by atoms with Crippen molar-refractivity contribution >= 4 is 11.8 Å². The van der Waals surface area contributed by atoms with E-state index in [2.05, 4.69) is 43.9 Å². The van der Waals surface area contributed by atoms with E-state index >= 15 is 0 Å². The van der Waals surface area contributed by atoms with Crippen LogP contribution >= 0.6 is 0 Å². The minimum absolute atomic E-state index is 0.00389. The van der Waals surface area contributed by atoms with Crippen molar-refractivity contribution in [1.82, 2.24) is 9.80 Å². The van der Waals surface area contributed by atoms with E-state index in [9.17, 15) is 9.59 Å². The van der Waals surface area contributed by atoms with Crippen molar-refractivity contribution in [2.45, 2.75) is 65.2 Å². The molecule has 2 amide bonds. The number of methoxy groups -OCH3 is 1. The molecule has 5 nitrogen and oxygen atoms in total. The first-order valence-electron chi connectivity index (χ1n) is 12.0. The van der Waals surface area contributed by atoms with Gasteiger partial charge in [0.2, 0.25) is 11.8 Å². The summed E-state index contributed by atoms with van der Waals surface area (Å²) < 4.78 is 5.55. The number of para-hydroxylation sites is 1. The predicted octanol–water partition coefficient (Wildman–Crippen LogP) is 4.47. The van der Waals surface area contributed by atoms with Crippen LogP contribution < -0.4 is 4.74 Å². The lowest BCUT2D eigenvalue weighted by molar-refractivity contribution is -0.167. The molecule has 2 bridgehead atoms. The molecule has 2 saturated heterocycles. The second kappa shape index (κ2) is 8.57. The molecule has 1 saturated carbocycles. The topological polar surface area (TPSA) is 49.9 Å². The Bertz CT molecular complexity index is 828. The quantitative estimate of drug-likeness (QED) is 0.477. The van der Waals surface area contributed by atoms with Crippen LogP contribution in [0, 0.1) is 16.7 Å². The molecular weight excluding hydrogens is 388 g/mol. The van der Waals surface area contributed by atoms with Crippen LogP contribution in [0.25, 0.3) is 0 Å². The Kier molecular flexibility index (Phi) is 6.17. The minimum Gasteiger partial charge on any atom is -0.496 e. The van der Waals surface area contributed by atoms with Gasteiger partial charge in [0.1, 0.15) is 5.75 Å². The van der Waals surface area contributed by atoms with Gasteiger partial charge in [-0.15, -0.1) is 0 Å². The van der Waals surface area contributed by atoms with Crippen LogP contribution in [0.3, 0.4) is 0 Å². The Morgan fingerprint density at radius 1 is 1.00 bits per heavy atom. The lowest BCUT2D eigenvalue weighted by atomic mass is 9.62. The molecule has 3 fully saturated rings. The van der Waals surface area contributed by atoms with Gasteiger partial charge >= 0.3 is 0 Å². The van der Waals surface area contributed by atoms with Gasteiger partial charge in [0.15, 0.2) is 0 Å². The van der Waals surface area contributed by atoms with E-state index in [1.165, 1.54) is 5.56 Å². The summed E-state index contributed by atoms with van der Waals surface area (Å²) in [6, 6.07) is 8.38. The van der Waals surface area contributed by atoms with Crippen molar-refractivity contribution in [2.24, 2.45) is 16.7 Å².